The molecule has 1 heterocycles. The summed E-state index contributed by atoms with van der Waals surface area (Å²) in [5.74, 6) is 0. The zero-order valence-corrected chi connectivity index (χ0v) is 11.8. The van der Waals surface area contributed by atoms with Gasteiger partial charge in [0.15, 0.2) is 0 Å². The smallest absolute Gasteiger partial charge is 0.246 e. The normalized spacial score (nSPS) is 17.1. The summed E-state index contributed by atoms with van der Waals surface area (Å²) in [6.07, 6.45) is 3.01. The molecule has 0 unspecified atom stereocenters. The Hall–Kier alpha value is -0.920. The van der Waals surface area contributed by atoms with Gasteiger partial charge in [-0.2, -0.15) is 9.40 Å². The molecule has 1 fully saturated rings. The number of H-pyrrole nitrogens is 1. The number of hydrogen-bond acceptors (Lipinski definition) is 4. The second kappa shape index (κ2) is 4.99. The monoisotopic (exact) mass is 272 g/mol. The van der Waals surface area contributed by atoms with Gasteiger partial charge in [-0.05, 0) is 26.8 Å². The van der Waals surface area contributed by atoms with E-state index in [0.717, 1.165) is 19.3 Å². The molecule has 0 bridgehead atoms. The van der Waals surface area contributed by atoms with Crippen LogP contribution in [-0.4, -0.2) is 43.1 Å². The highest BCUT2D eigenvalue weighted by Crippen LogP contribution is 2.30. The van der Waals surface area contributed by atoms with Gasteiger partial charge in [0, 0.05) is 19.6 Å². The second-order valence-electron chi connectivity index (χ2n) is 4.76. The highest BCUT2D eigenvalue weighted by atomic mass is 32.2. The molecule has 1 aromatic rings. The van der Waals surface area contributed by atoms with E-state index >= 15 is 0 Å². The van der Waals surface area contributed by atoms with Gasteiger partial charge in [-0.3, -0.25) is 5.10 Å². The van der Waals surface area contributed by atoms with Gasteiger partial charge in [0.2, 0.25) is 10.0 Å². The van der Waals surface area contributed by atoms with Gasteiger partial charge >= 0.3 is 0 Å². The summed E-state index contributed by atoms with van der Waals surface area (Å²) in [6.45, 7) is 2.19. The second-order valence-corrected chi connectivity index (χ2v) is 6.70. The summed E-state index contributed by atoms with van der Waals surface area (Å²) >= 11 is 0. The van der Waals surface area contributed by atoms with Crippen LogP contribution >= 0.6 is 0 Å². The van der Waals surface area contributed by atoms with E-state index in [1.165, 1.54) is 4.31 Å². The fraction of sp³-hybridized carbons (Fsp3) is 0.727. The van der Waals surface area contributed by atoms with Gasteiger partial charge in [-0.25, -0.2) is 8.42 Å². The van der Waals surface area contributed by atoms with Crippen molar-refractivity contribution >= 4 is 10.0 Å². The Balaban J connectivity index is 2.36. The Morgan fingerprint density at radius 3 is 2.67 bits per heavy atom. The summed E-state index contributed by atoms with van der Waals surface area (Å²) in [6, 6.07) is 0.145. The Labute approximate surface area is 108 Å². The van der Waals surface area contributed by atoms with E-state index in [4.69, 9.17) is 0 Å². The highest BCUT2D eigenvalue weighted by Gasteiger charge is 2.35. The zero-order chi connectivity index (χ0) is 13.3. The van der Waals surface area contributed by atoms with Crippen LogP contribution in [0.3, 0.4) is 0 Å². The number of nitrogens with one attached hydrogen (secondary N) is 2. The van der Waals surface area contributed by atoms with Crippen molar-refractivity contribution in [2.24, 2.45) is 0 Å². The van der Waals surface area contributed by atoms with Crippen LogP contribution in [0.2, 0.25) is 0 Å². The van der Waals surface area contributed by atoms with Crippen molar-refractivity contribution in [3.05, 3.63) is 11.4 Å². The van der Waals surface area contributed by atoms with E-state index in [2.05, 4.69) is 15.5 Å². The van der Waals surface area contributed by atoms with Crippen molar-refractivity contribution < 1.29 is 8.42 Å². The van der Waals surface area contributed by atoms with Gasteiger partial charge in [0.25, 0.3) is 0 Å². The number of nitrogens with zero attached hydrogens (tertiary/aromatic N) is 2. The maximum absolute atomic E-state index is 12.6. The minimum Gasteiger partial charge on any atom is -0.314 e. The number of hydrogen-bond donors (Lipinski definition) is 2. The predicted octanol–water partition coefficient (Wildman–Crippen LogP) is 0.611. The molecule has 6 nitrogen and oxygen atoms in total. The molecular formula is C11H20N4O2S. The van der Waals surface area contributed by atoms with Crippen molar-refractivity contribution in [3.8, 4) is 0 Å². The molecule has 1 aliphatic rings. The zero-order valence-electron chi connectivity index (χ0n) is 11.0. The van der Waals surface area contributed by atoms with Crippen molar-refractivity contribution in [1.29, 1.82) is 0 Å². The van der Waals surface area contributed by atoms with Gasteiger partial charge in [-0.1, -0.05) is 6.42 Å². The molecule has 0 saturated heterocycles. The summed E-state index contributed by atoms with van der Waals surface area (Å²) in [7, 11) is -0.00435. The number of sulfonamides is 1. The van der Waals surface area contributed by atoms with E-state index in [-0.39, 0.29) is 6.04 Å². The fourth-order valence-electron chi connectivity index (χ4n) is 2.19. The summed E-state index contributed by atoms with van der Waals surface area (Å²) in [5.41, 5.74) is 1.16. The Morgan fingerprint density at radius 2 is 2.17 bits per heavy atom. The third-order valence-corrected chi connectivity index (χ3v) is 5.65. The standard InChI is InChI=1S/C11H20N4O2S/c1-8-11(10(7-12-2)14-13-8)18(16,17)15(3)9-5-4-6-9/h9,12H,4-7H2,1-3H3,(H,13,14). The third kappa shape index (κ3) is 2.17. The molecule has 0 aromatic carbocycles. The average molecular weight is 272 g/mol. The lowest BCUT2D eigenvalue weighted by Gasteiger charge is -2.33. The summed E-state index contributed by atoms with van der Waals surface area (Å²) < 4.78 is 26.7. The van der Waals surface area contributed by atoms with Gasteiger partial charge in [-0.15, -0.1) is 0 Å². The molecule has 2 N–H and O–H groups in total. The van der Waals surface area contributed by atoms with Gasteiger partial charge in [0.05, 0.1) is 11.4 Å². The van der Waals surface area contributed by atoms with E-state index in [0.29, 0.717) is 22.8 Å². The lowest BCUT2D eigenvalue weighted by Crippen LogP contribution is -2.41. The first-order chi connectivity index (χ1) is 8.48. The minimum atomic E-state index is -3.44. The summed E-state index contributed by atoms with van der Waals surface area (Å²) in [5, 5.41) is 9.77. The molecule has 18 heavy (non-hydrogen) atoms. The predicted molar refractivity (Wildman–Crippen MR) is 68.7 cm³/mol. The molecule has 1 aliphatic carbocycles. The molecule has 0 radical (unpaired) electrons. The van der Waals surface area contributed by atoms with Crippen LogP contribution in [-0.2, 0) is 16.6 Å². The molecule has 1 aromatic heterocycles. The third-order valence-electron chi connectivity index (χ3n) is 3.53. The van der Waals surface area contributed by atoms with Crippen LogP contribution in [0.1, 0.15) is 30.7 Å². The van der Waals surface area contributed by atoms with Crippen LogP contribution in [0, 0.1) is 6.92 Å². The minimum absolute atomic E-state index is 0.145. The SMILES string of the molecule is CNCc1n[nH]c(C)c1S(=O)(=O)N(C)C1CCC1. The van der Waals surface area contributed by atoms with E-state index in [9.17, 15) is 8.42 Å². The number of rotatable bonds is 5. The van der Waals surface area contributed by atoms with Crippen molar-refractivity contribution in [2.75, 3.05) is 14.1 Å². The number of aryl methyl sites for hydroxylation is 1. The first kappa shape index (κ1) is 13.5. The van der Waals surface area contributed by atoms with Gasteiger partial charge < -0.3 is 5.32 Å². The fourth-order valence-corrected chi connectivity index (χ4v) is 3.93. The van der Waals surface area contributed by atoms with Crippen LogP contribution in [0.4, 0.5) is 0 Å². The number of aromatic nitrogens is 2. The molecular weight excluding hydrogens is 252 g/mol. The van der Waals surface area contributed by atoms with Crippen LogP contribution in [0.25, 0.3) is 0 Å². The van der Waals surface area contributed by atoms with Crippen LogP contribution in [0.5, 0.6) is 0 Å². The first-order valence-electron chi connectivity index (χ1n) is 6.15. The van der Waals surface area contributed by atoms with Crippen LogP contribution < -0.4 is 5.32 Å². The molecule has 0 amide bonds. The largest absolute Gasteiger partial charge is 0.314 e. The maximum atomic E-state index is 12.6. The maximum Gasteiger partial charge on any atom is 0.246 e. The van der Waals surface area contributed by atoms with E-state index in [1.807, 2.05) is 0 Å². The van der Waals surface area contributed by atoms with Crippen molar-refractivity contribution in [3.63, 3.8) is 0 Å². The molecule has 0 atom stereocenters. The van der Waals surface area contributed by atoms with E-state index < -0.39 is 10.0 Å². The summed E-state index contributed by atoms with van der Waals surface area (Å²) in [4.78, 5) is 0.325. The highest BCUT2D eigenvalue weighted by molar-refractivity contribution is 7.89. The molecule has 1 saturated carbocycles. The Kier molecular flexibility index (Phi) is 3.74. The molecule has 0 aliphatic heterocycles. The molecule has 7 heteroatoms. The van der Waals surface area contributed by atoms with Crippen LogP contribution in [0.15, 0.2) is 4.90 Å². The molecule has 102 valence electrons. The molecule has 0 spiro atoms. The molecule has 2 rings (SSSR count). The van der Waals surface area contributed by atoms with Crippen molar-refractivity contribution in [1.82, 2.24) is 19.8 Å². The lowest BCUT2D eigenvalue weighted by molar-refractivity contribution is 0.249. The Morgan fingerprint density at radius 1 is 1.50 bits per heavy atom. The Bertz CT molecular complexity index is 519. The topological polar surface area (TPSA) is 78.1 Å². The van der Waals surface area contributed by atoms with Crippen molar-refractivity contribution in [2.45, 2.75) is 43.7 Å². The quantitative estimate of drug-likeness (QED) is 0.823. The average Bonchev–Trinajstić information content (AvgIpc) is 2.58. The first-order valence-corrected chi connectivity index (χ1v) is 7.59. The number of aromatic amines is 1. The van der Waals surface area contributed by atoms with E-state index in [1.54, 1.807) is 21.0 Å². The lowest BCUT2D eigenvalue weighted by atomic mass is 9.94. The van der Waals surface area contributed by atoms with Gasteiger partial charge in [0.1, 0.15) is 4.90 Å².